The highest BCUT2D eigenvalue weighted by Gasteiger charge is 2.33. The van der Waals surface area contributed by atoms with Crippen LogP contribution in [-0.2, 0) is 9.53 Å². The Morgan fingerprint density at radius 3 is 2.49 bits per heavy atom. The number of hydrogen-bond acceptors (Lipinski definition) is 10. The lowest BCUT2D eigenvalue weighted by atomic mass is 9.96. The zero-order valence-electron chi connectivity index (χ0n) is 21.6. The van der Waals surface area contributed by atoms with Gasteiger partial charge in [-0.3, -0.25) is 19.5 Å². The van der Waals surface area contributed by atoms with Gasteiger partial charge in [-0.1, -0.05) is 17.4 Å². The second-order valence-electron chi connectivity index (χ2n) is 8.22. The molecule has 4 rings (SSSR count). The number of non-ortho nitro benzene ring substituents is 1. The lowest BCUT2D eigenvalue weighted by Gasteiger charge is -2.25. The zero-order valence-corrected chi connectivity index (χ0v) is 24.0. The van der Waals surface area contributed by atoms with Crippen LogP contribution in [0.5, 0.6) is 17.2 Å². The number of halogens is 1. The molecule has 0 spiro atoms. The molecule has 1 aliphatic rings. The number of nitrogens with zero attached hydrogens (tertiary/aromatic N) is 3. The summed E-state index contributed by atoms with van der Waals surface area (Å²) in [5.41, 5.74) is 0.863. The van der Waals surface area contributed by atoms with Gasteiger partial charge in [-0.05, 0) is 53.5 Å². The van der Waals surface area contributed by atoms with E-state index >= 15 is 0 Å². The van der Waals surface area contributed by atoms with Crippen LogP contribution in [0.25, 0.3) is 6.08 Å². The summed E-state index contributed by atoms with van der Waals surface area (Å²) in [6.45, 7) is 3.53. The van der Waals surface area contributed by atoms with E-state index in [0.717, 1.165) is 11.3 Å². The number of fused-ring (bicyclic) bond motifs is 1. The Hall–Kier alpha value is -3.97. The molecule has 1 aliphatic heterocycles. The van der Waals surface area contributed by atoms with E-state index in [1.807, 2.05) is 0 Å². The van der Waals surface area contributed by atoms with Crippen molar-refractivity contribution in [2.45, 2.75) is 19.9 Å². The molecule has 0 aliphatic carbocycles. The number of esters is 1. The molecular formula is C26H24BrN3O8S. The molecule has 0 saturated carbocycles. The zero-order chi connectivity index (χ0) is 28.4. The molecule has 11 nitrogen and oxygen atoms in total. The van der Waals surface area contributed by atoms with Gasteiger partial charge in [0.25, 0.3) is 11.2 Å². The van der Waals surface area contributed by atoms with E-state index in [0.29, 0.717) is 26.3 Å². The van der Waals surface area contributed by atoms with Crippen LogP contribution in [0.3, 0.4) is 0 Å². The summed E-state index contributed by atoms with van der Waals surface area (Å²) in [7, 11) is 4.30. The molecule has 0 radical (unpaired) electrons. The highest BCUT2D eigenvalue weighted by atomic mass is 79.9. The number of allylic oxidation sites excluding steroid dienone is 1. The molecular weight excluding hydrogens is 594 g/mol. The number of carbonyl (C=O) groups excluding carboxylic acids is 1. The number of methoxy groups -OCH3 is 3. The Kier molecular flexibility index (Phi) is 8.21. The molecule has 0 N–H and O–H groups in total. The summed E-state index contributed by atoms with van der Waals surface area (Å²) < 4.78 is 23.7. The lowest BCUT2D eigenvalue weighted by molar-refractivity contribution is -0.385. The highest BCUT2D eigenvalue weighted by molar-refractivity contribution is 9.10. The number of hydrogen-bond donors (Lipinski definition) is 0. The number of rotatable bonds is 8. The van der Waals surface area contributed by atoms with Crippen LogP contribution in [0.2, 0.25) is 0 Å². The van der Waals surface area contributed by atoms with Crippen molar-refractivity contribution in [2.24, 2.45) is 4.99 Å². The van der Waals surface area contributed by atoms with E-state index in [1.165, 1.54) is 44.1 Å². The van der Waals surface area contributed by atoms with Gasteiger partial charge in [0.2, 0.25) is 0 Å². The number of benzene rings is 2. The number of nitro groups is 1. The summed E-state index contributed by atoms with van der Waals surface area (Å²) in [5, 5.41) is 11.5. The van der Waals surface area contributed by atoms with E-state index in [4.69, 9.17) is 18.9 Å². The van der Waals surface area contributed by atoms with Crippen LogP contribution >= 0.6 is 27.3 Å². The van der Waals surface area contributed by atoms with Crippen LogP contribution in [0.1, 0.15) is 31.0 Å². The summed E-state index contributed by atoms with van der Waals surface area (Å²) >= 11 is 4.56. The molecule has 13 heteroatoms. The van der Waals surface area contributed by atoms with Gasteiger partial charge in [0.15, 0.2) is 16.3 Å². The molecule has 2 aromatic carbocycles. The number of carbonyl (C=O) groups is 1. The molecule has 2 heterocycles. The molecule has 0 saturated heterocycles. The van der Waals surface area contributed by atoms with E-state index < -0.39 is 22.5 Å². The Balaban J connectivity index is 2.01. The standard InChI is InChI=1S/C26H24BrN3O8S/c1-6-38-25(32)21-13(2)28-26-29(22(21)14-7-8-18(35-3)17(27)10-14)24(31)20(39-26)11-15-9-16(30(33)34)12-19(36-4)23(15)37-5/h7-12,22H,6H2,1-5H3/b20-11-/t22-/m1/s1. The first-order valence-electron chi connectivity index (χ1n) is 11.6. The fraction of sp³-hybridized carbons (Fsp3) is 0.269. The molecule has 1 atom stereocenters. The molecule has 0 bridgehead atoms. The lowest BCUT2D eigenvalue weighted by Crippen LogP contribution is -2.40. The van der Waals surface area contributed by atoms with Crippen LogP contribution in [0.15, 0.2) is 55.9 Å². The third-order valence-electron chi connectivity index (χ3n) is 6.00. The number of ether oxygens (including phenoxy) is 4. The number of aromatic nitrogens is 1. The van der Waals surface area contributed by atoms with Crippen LogP contribution in [-0.4, -0.2) is 43.4 Å². The van der Waals surface area contributed by atoms with Crippen molar-refractivity contribution in [1.29, 1.82) is 0 Å². The normalized spacial score (nSPS) is 14.9. The Bertz CT molecular complexity index is 1690. The highest BCUT2D eigenvalue weighted by Crippen LogP contribution is 2.37. The Morgan fingerprint density at radius 1 is 1.18 bits per heavy atom. The maximum absolute atomic E-state index is 13.9. The second kappa shape index (κ2) is 11.4. The van der Waals surface area contributed by atoms with Crippen molar-refractivity contribution in [3.05, 3.63) is 87.0 Å². The molecule has 0 amide bonds. The molecule has 204 valence electrons. The second-order valence-corrected chi connectivity index (χ2v) is 10.1. The van der Waals surface area contributed by atoms with E-state index in [1.54, 1.807) is 32.0 Å². The van der Waals surface area contributed by atoms with Crippen LogP contribution < -0.4 is 29.1 Å². The molecule has 1 aromatic heterocycles. The van der Waals surface area contributed by atoms with Crippen molar-refractivity contribution in [2.75, 3.05) is 27.9 Å². The van der Waals surface area contributed by atoms with E-state index in [-0.39, 0.29) is 39.5 Å². The minimum Gasteiger partial charge on any atom is -0.496 e. The third-order valence-corrected chi connectivity index (χ3v) is 7.60. The number of thiazole rings is 1. The first kappa shape index (κ1) is 28.0. The van der Waals surface area contributed by atoms with Gasteiger partial charge < -0.3 is 18.9 Å². The average molecular weight is 618 g/mol. The molecule has 3 aromatic rings. The van der Waals surface area contributed by atoms with Crippen LogP contribution in [0.4, 0.5) is 5.69 Å². The quantitative estimate of drug-likeness (QED) is 0.213. The van der Waals surface area contributed by atoms with Gasteiger partial charge >= 0.3 is 5.97 Å². The average Bonchev–Trinajstić information content (AvgIpc) is 3.21. The fourth-order valence-electron chi connectivity index (χ4n) is 4.29. The molecule has 0 unspecified atom stereocenters. The van der Waals surface area contributed by atoms with Gasteiger partial charge in [0.05, 0.1) is 65.2 Å². The summed E-state index contributed by atoms with van der Waals surface area (Å²) in [5.74, 6) is 0.367. The topological polar surface area (TPSA) is 131 Å². The first-order valence-corrected chi connectivity index (χ1v) is 13.2. The first-order chi connectivity index (χ1) is 18.6. The van der Waals surface area contributed by atoms with Gasteiger partial charge in [-0.15, -0.1) is 0 Å². The Labute approximate surface area is 234 Å². The van der Waals surface area contributed by atoms with Crippen molar-refractivity contribution >= 4 is 45.0 Å². The van der Waals surface area contributed by atoms with Gasteiger partial charge in [0.1, 0.15) is 5.75 Å². The summed E-state index contributed by atoms with van der Waals surface area (Å²) in [4.78, 5) is 42.8. The molecule has 0 fully saturated rings. The molecule has 39 heavy (non-hydrogen) atoms. The van der Waals surface area contributed by atoms with Gasteiger partial charge in [-0.2, -0.15) is 0 Å². The Morgan fingerprint density at radius 2 is 1.90 bits per heavy atom. The minimum atomic E-state index is -0.841. The fourth-order valence-corrected chi connectivity index (χ4v) is 5.89. The van der Waals surface area contributed by atoms with E-state index in [2.05, 4.69) is 20.9 Å². The van der Waals surface area contributed by atoms with Crippen molar-refractivity contribution in [3.63, 3.8) is 0 Å². The minimum absolute atomic E-state index is 0.145. The maximum Gasteiger partial charge on any atom is 0.338 e. The predicted octanol–water partition coefficient (Wildman–Crippen LogP) is 3.49. The maximum atomic E-state index is 13.9. The van der Waals surface area contributed by atoms with Crippen molar-refractivity contribution < 1.29 is 28.7 Å². The van der Waals surface area contributed by atoms with E-state index in [9.17, 15) is 19.7 Å². The largest absolute Gasteiger partial charge is 0.496 e. The smallest absolute Gasteiger partial charge is 0.338 e. The predicted molar refractivity (Wildman–Crippen MR) is 147 cm³/mol. The van der Waals surface area contributed by atoms with Crippen molar-refractivity contribution in [3.8, 4) is 17.2 Å². The third kappa shape index (κ3) is 5.19. The number of nitro benzene ring substituents is 1. The summed E-state index contributed by atoms with van der Waals surface area (Å²) in [6, 6.07) is 6.96. The van der Waals surface area contributed by atoms with Crippen molar-refractivity contribution in [1.82, 2.24) is 4.57 Å². The monoisotopic (exact) mass is 617 g/mol. The van der Waals surface area contributed by atoms with Gasteiger partial charge in [-0.25, -0.2) is 9.79 Å². The van der Waals surface area contributed by atoms with Gasteiger partial charge in [0, 0.05) is 11.6 Å². The SMILES string of the molecule is CCOC(=O)C1=C(C)N=c2s/c(=C\c3cc([N+](=O)[O-])cc(OC)c3OC)c(=O)n2[C@@H]1c1ccc(OC)c(Br)c1. The van der Waals surface area contributed by atoms with Crippen LogP contribution in [0, 0.1) is 10.1 Å². The summed E-state index contributed by atoms with van der Waals surface area (Å²) in [6.07, 6.45) is 1.49.